The lowest BCUT2D eigenvalue weighted by Crippen LogP contribution is -2.42. The maximum Gasteiger partial charge on any atom is 0.254 e. The smallest absolute Gasteiger partial charge is 0.254 e. The number of carbonyl (C=O) groups is 2. The van der Waals surface area contributed by atoms with Crippen LogP contribution in [-0.4, -0.2) is 29.3 Å². The van der Waals surface area contributed by atoms with Crippen molar-refractivity contribution in [3.63, 3.8) is 0 Å². The van der Waals surface area contributed by atoms with Crippen LogP contribution in [0.4, 0.5) is 5.69 Å². The van der Waals surface area contributed by atoms with Crippen molar-refractivity contribution in [3.8, 4) is 0 Å². The van der Waals surface area contributed by atoms with E-state index in [1.54, 1.807) is 12.1 Å². The highest BCUT2D eigenvalue weighted by atomic mass is 16.2. The van der Waals surface area contributed by atoms with Gasteiger partial charge in [0, 0.05) is 23.8 Å². The zero-order valence-electron chi connectivity index (χ0n) is 12.7. The van der Waals surface area contributed by atoms with Crippen LogP contribution >= 0.6 is 0 Å². The van der Waals surface area contributed by atoms with Gasteiger partial charge in [-0.15, -0.1) is 0 Å². The van der Waals surface area contributed by atoms with Crippen molar-refractivity contribution >= 4 is 17.5 Å². The van der Waals surface area contributed by atoms with E-state index in [1.165, 1.54) is 12.5 Å². The van der Waals surface area contributed by atoms with Gasteiger partial charge in [-0.2, -0.15) is 0 Å². The van der Waals surface area contributed by atoms with Crippen LogP contribution < -0.4 is 5.32 Å². The predicted molar refractivity (Wildman–Crippen MR) is 84.4 cm³/mol. The number of aryl methyl sites for hydroxylation is 1. The van der Waals surface area contributed by atoms with E-state index in [0.717, 1.165) is 24.9 Å². The number of hydrogen-bond donors (Lipinski definition) is 1. The Morgan fingerprint density at radius 3 is 2.76 bits per heavy atom. The molecule has 1 aromatic rings. The Balaban J connectivity index is 2.17. The lowest BCUT2D eigenvalue weighted by molar-refractivity contribution is -0.111. The Morgan fingerprint density at radius 2 is 2.14 bits per heavy atom. The molecule has 0 aromatic heterocycles. The van der Waals surface area contributed by atoms with E-state index in [1.807, 2.05) is 17.9 Å². The molecule has 1 atom stereocenters. The highest BCUT2D eigenvalue weighted by Gasteiger charge is 2.24. The van der Waals surface area contributed by atoms with Gasteiger partial charge in [-0.1, -0.05) is 6.58 Å². The maximum absolute atomic E-state index is 12.6. The molecule has 1 aromatic carbocycles. The molecular formula is C17H22N2O2. The first-order valence-corrected chi connectivity index (χ1v) is 7.38. The van der Waals surface area contributed by atoms with Crippen molar-refractivity contribution < 1.29 is 9.59 Å². The summed E-state index contributed by atoms with van der Waals surface area (Å²) in [6, 6.07) is 5.68. The highest BCUT2D eigenvalue weighted by molar-refractivity contribution is 6.00. The minimum Gasteiger partial charge on any atom is -0.336 e. The van der Waals surface area contributed by atoms with Crippen LogP contribution in [0.3, 0.4) is 0 Å². The first-order chi connectivity index (χ1) is 10.0. The molecule has 1 aliphatic heterocycles. The summed E-state index contributed by atoms with van der Waals surface area (Å²) in [5.74, 6) is -0.172. The first-order valence-electron chi connectivity index (χ1n) is 7.38. The van der Waals surface area contributed by atoms with Gasteiger partial charge in [0.1, 0.15) is 0 Å². The Kier molecular flexibility index (Phi) is 4.78. The van der Waals surface area contributed by atoms with Gasteiger partial charge in [-0.3, -0.25) is 9.59 Å². The molecule has 4 heteroatoms. The van der Waals surface area contributed by atoms with Crippen LogP contribution in [0, 0.1) is 6.92 Å². The van der Waals surface area contributed by atoms with Gasteiger partial charge in [-0.05, 0) is 62.9 Å². The monoisotopic (exact) mass is 286 g/mol. The van der Waals surface area contributed by atoms with E-state index in [2.05, 4.69) is 18.8 Å². The molecule has 112 valence electrons. The van der Waals surface area contributed by atoms with E-state index >= 15 is 0 Å². The lowest BCUT2D eigenvalue weighted by Gasteiger charge is -2.33. The summed E-state index contributed by atoms with van der Waals surface area (Å²) in [5, 5.41) is 2.73. The summed E-state index contributed by atoms with van der Waals surface area (Å²) in [7, 11) is 0. The highest BCUT2D eigenvalue weighted by Crippen LogP contribution is 2.22. The predicted octanol–water partition coefficient (Wildman–Crippen LogP) is 3.13. The third kappa shape index (κ3) is 3.51. The summed E-state index contributed by atoms with van der Waals surface area (Å²) in [4.78, 5) is 25.9. The quantitative estimate of drug-likeness (QED) is 0.868. The van der Waals surface area contributed by atoms with Crippen LogP contribution in [0.15, 0.2) is 30.9 Å². The zero-order chi connectivity index (χ0) is 15.4. The molecule has 1 fully saturated rings. The summed E-state index contributed by atoms with van der Waals surface area (Å²) >= 11 is 0. The van der Waals surface area contributed by atoms with Crippen LogP contribution in [0.5, 0.6) is 0 Å². The molecule has 0 bridgehead atoms. The molecule has 1 unspecified atom stereocenters. The van der Waals surface area contributed by atoms with Gasteiger partial charge >= 0.3 is 0 Å². The number of nitrogens with zero attached hydrogens (tertiary/aromatic N) is 1. The molecule has 0 saturated carbocycles. The maximum atomic E-state index is 12.6. The van der Waals surface area contributed by atoms with Gasteiger partial charge in [0.15, 0.2) is 0 Å². The molecule has 0 radical (unpaired) electrons. The third-order valence-electron chi connectivity index (χ3n) is 3.98. The molecular weight excluding hydrogens is 264 g/mol. The Morgan fingerprint density at radius 1 is 1.38 bits per heavy atom. The van der Waals surface area contributed by atoms with Crippen LogP contribution in [0.2, 0.25) is 0 Å². The fourth-order valence-electron chi connectivity index (χ4n) is 2.69. The van der Waals surface area contributed by atoms with Crippen molar-refractivity contribution in [3.05, 3.63) is 42.0 Å². The number of likely N-dealkylation sites (tertiary alicyclic amines) is 1. The summed E-state index contributed by atoms with van der Waals surface area (Å²) in [6.07, 6.45) is 4.56. The molecule has 1 saturated heterocycles. The Labute approximate surface area is 125 Å². The average Bonchev–Trinajstić information content (AvgIpc) is 2.49. The zero-order valence-corrected chi connectivity index (χ0v) is 12.7. The standard InChI is InChI=1S/C17H22N2O2/c1-4-16(20)18-15-9-8-14(11-12(15)2)17(21)19-10-6-5-7-13(19)3/h4,8-9,11,13H,1,5-7,10H2,2-3H3,(H,18,20). The van der Waals surface area contributed by atoms with E-state index in [-0.39, 0.29) is 11.8 Å². The van der Waals surface area contributed by atoms with Gasteiger partial charge in [-0.25, -0.2) is 0 Å². The molecule has 0 spiro atoms. The molecule has 2 amide bonds. The van der Waals surface area contributed by atoms with Crippen molar-refractivity contribution in [1.82, 2.24) is 4.90 Å². The SMILES string of the molecule is C=CC(=O)Nc1ccc(C(=O)N2CCCCC2C)cc1C. The fourth-order valence-corrected chi connectivity index (χ4v) is 2.69. The number of rotatable bonds is 3. The molecule has 21 heavy (non-hydrogen) atoms. The number of carbonyl (C=O) groups excluding carboxylic acids is 2. The molecule has 4 nitrogen and oxygen atoms in total. The van der Waals surface area contributed by atoms with Crippen molar-refractivity contribution in [2.75, 3.05) is 11.9 Å². The number of benzene rings is 1. The Bertz CT molecular complexity index is 566. The normalized spacial score (nSPS) is 18.2. The van der Waals surface area contributed by atoms with Crippen molar-refractivity contribution in [1.29, 1.82) is 0 Å². The van der Waals surface area contributed by atoms with E-state index < -0.39 is 0 Å². The molecule has 0 aliphatic carbocycles. The average molecular weight is 286 g/mol. The van der Waals surface area contributed by atoms with Crippen LogP contribution in [-0.2, 0) is 4.79 Å². The van der Waals surface area contributed by atoms with Crippen LogP contribution in [0.1, 0.15) is 42.1 Å². The van der Waals surface area contributed by atoms with E-state index in [4.69, 9.17) is 0 Å². The van der Waals surface area contributed by atoms with Gasteiger partial charge in [0.25, 0.3) is 5.91 Å². The largest absolute Gasteiger partial charge is 0.336 e. The minimum absolute atomic E-state index is 0.0758. The molecule has 1 heterocycles. The number of nitrogens with one attached hydrogen (secondary N) is 1. The van der Waals surface area contributed by atoms with Gasteiger partial charge < -0.3 is 10.2 Å². The molecule has 1 aliphatic rings. The number of anilines is 1. The summed E-state index contributed by atoms with van der Waals surface area (Å²) in [5.41, 5.74) is 2.27. The molecule has 2 rings (SSSR count). The Hall–Kier alpha value is -2.10. The topological polar surface area (TPSA) is 49.4 Å². The summed E-state index contributed by atoms with van der Waals surface area (Å²) in [6.45, 7) is 8.24. The molecule has 1 N–H and O–H groups in total. The second kappa shape index (κ2) is 6.57. The number of amides is 2. The minimum atomic E-state index is -0.248. The van der Waals surface area contributed by atoms with Crippen molar-refractivity contribution in [2.24, 2.45) is 0 Å². The lowest BCUT2D eigenvalue weighted by atomic mass is 10.0. The number of hydrogen-bond acceptors (Lipinski definition) is 2. The van der Waals surface area contributed by atoms with Gasteiger partial charge in [0.2, 0.25) is 5.91 Å². The van der Waals surface area contributed by atoms with Crippen LogP contribution in [0.25, 0.3) is 0 Å². The summed E-state index contributed by atoms with van der Waals surface area (Å²) < 4.78 is 0. The second-order valence-corrected chi connectivity index (χ2v) is 5.57. The fraction of sp³-hybridized carbons (Fsp3) is 0.412. The number of piperidine rings is 1. The van der Waals surface area contributed by atoms with E-state index in [0.29, 0.717) is 17.3 Å². The van der Waals surface area contributed by atoms with Crippen molar-refractivity contribution in [2.45, 2.75) is 39.2 Å². The van der Waals surface area contributed by atoms with Gasteiger partial charge in [0.05, 0.1) is 0 Å². The first kappa shape index (κ1) is 15.3. The van der Waals surface area contributed by atoms with E-state index in [9.17, 15) is 9.59 Å². The second-order valence-electron chi connectivity index (χ2n) is 5.57. The third-order valence-corrected chi connectivity index (χ3v) is 3.98.